The summed E-state index contributed by atoms with van der Waals surface area (Å²) in [4.78, 5) is 12.4. The third-order valence-electron chi connectivity index (χ3n) is 4.35. The topological polar surface area (TPSA) is 38.3 Å². The fourth-order valence-electron chi connectivity index (χ4n) is 2.51. The smallest absolute Gasteiger partial charge is 0.261 e. The van der Waals surface area contributed by atoms with Gasteiger partial charge in [-0.2, -0.15) is 11.8 Å². The quantitative estimate of drug-likeness (QED) is 0.642. The Hall–Kier alpha value is -1.94. The zero-order chi connectivity index (χ0) is 18.9. The van der Waals surface area contributed by atoms with Crippen molar-refractivity contribution in [1.29, 1.82) is 0 Å². The van der Waals surface area contributed by atoms with Gasteiger partial charge in [-0.05, 0) is 56.0 Å². The van der Waals surface area contributed by atoms with E-state index in [0.29, 0.717) is 13.0 Å². The molecular weight excluding hydrogens is 342 g/mol. The van der Waals surface area contributed by atoms with E-state index < -0.39 is 6.10 Å². The molecule has 0 heterocycles. The van der Waals surface area contributed by atoms with Gasteiger partial charge in [-0.3, -0.25) is 4.79 Å². The molecule has 0 aromatic heterocycles. The van der Waals surface area contributed by atoms with Gasteiger partial charge in [0.05, 0.1) is 0 Å². The zero-order valence-corrected chi connectivity index (χ0v) is 17.0. The molecule has 0 radical (unpaired) electrons. The van der Waals surface area contributed by atoms with Gasteiger partial charge in [0.2, 0.25) is 0 Å². The molecule has 0 fully saturated rings. The number of carbonyl (C=O) groups excluding carboxylic acids is 1. The monoisotopic (exact) mass is 371 g/mol. The number of carbonyl (C=O) groups is 1. The standard InChI is InChI=1S/C22H29NO2S/c1-5-21(25-20-11-8-17(3)18(4)14-20)22(24)23-12-13-26-15-19-9-6-16(2)7-10-19/h6-11,14,21H,5,12-13,15H2,1-4H3,(H,23,24)/t21-/m0/s1. The van der Waals surface area contributed by atoms with Crippen LogP contribution in [0.4, 0.5) is 0 Å². The Bertz CT molecular complexity index is 713. The Labute approximate surface area is 161 Å². The number of aryl methyl sites for hydroxylation is 3. The molecule has 140 valence electrons. The lowest BCUT2D eigenvalue weighted by atomic mass is 10.1. The van der Waals surface area contributed by atoms with Crippen molar-refractivity contribution >= 4 is 17.7 Å². The van der Waals surface area contributed by atoms with Crippen LogP contribution in [0.25, 0.3) is 0 Å². The van der Waals surface area contributed by atoms with Gasteiger partial charge in [-0.25, -0.2) is 0 Å². The van der Waals surface area contributed by atoms with Crippen molar-refractivity contribution in [3.05, 3.63) is 64.7 Å². The van der Waals surface area contributed by atoms with Gasteiger partial charge in [0, 0.05) is 18.1 Å². The first kappa shape index (κ1) is 20.4. The number of hydrogen-bond acceptors (Lipinski definition) is 3. The molecule has 2 aromatic carbocycles. The van der Waals surface area contributed by atoms with Crippen molar-refractivity contribution < 1.29 is 9.53 Å². The van der Waals surface area contributed by atoms with Crippen LogP contribution in [0.1, 0.15) is 35.6 Å². The van der Waals surface area contributed by atoms with Crippen LogP contribution in [-0.4, -0.2) is 24.3 Å². The minimum absolute atomic E-state index is 0.0401. The van der Waals surface area contributed by atoms with Gasteiger partial charge in [0.15, 0.2) is 6.10 Å². The molecule has 0 saturated heterocycles. The van der Waals surface area contributed by atoms with Gasteiger partial charge >= 0.3 is 0 Å². The highest BCUT2D eigenvalue weighted by Gasteiger charge is 2.18. The average Bonchev–Trinajstić information content (AvgIpc) is 2.63. The Morgan fingerprint density at radius 3 is 2.46 bits per heavy atom. The number of thioether (sulfide) groups is 1. The van der Waals surface area contributed by atoms with Crippen LogP contribution in [0.15, 0.2) is 42.5 Å². The average molecular weight is 372 g/mol. The van der Waals surface area contributed by atoms with Crippen LogP contribution >= 0.6 is 11.8 Å². The maximum Gasteiger partial charge on any atom is 0.261 e. The summed E-state index contributed by atoms with van der Waals surface area (Å²) in [6, 6.07) is 14.5. The lowest BCUT2D eigenvalue weighted by Crippen LogP contribution is -2.39. The lowest BCUT2D eigenvalue weighted by molar-refractivity contribution is -0.127. The Balaban J connectivity index is 1.72. The minimum Gasteiger partial charge on any atom is -0.481 e. The second kappa shape index (κ2) is 10.3. The number of amides is 1. The van der Waals surface area contributed by atoms with E-state index in [1.165, 1.54) is 22.3 Å². The van der Waals surface area contributed by atoms with Crippen LogP contribution in [0.5, 0.6) is 5.75 Å². The first-order valence-electron chi connectivity index (χ1n) is 9.14. The highest BCUT2D eigenvalue weighted by molar-refractivity contribution is 7.98. The Kier molecular flexibility index (Phi) is 8.05. The first-order valence-corrected chi connectivity index (χ1v) is 10.3. The number of rotatable bonds is 9. The highest BCUT2D eigenvalue weighted by atomic mass is 32.2. The molecule has 4 heteroatoms. The molecule has 1 N–H and O–H groups in total. The molecule has 0 bridgehead atoms. The van der Waals surface area contributed by atoms with E-state index in [1.54, 1.807) is 0 Å². The molecule has 0 aliphatic carbocycles. The summed E-state index contributed by atoms with van der Waals surface area (Å²) in [5, 5.41) is 2.99. The maximum absolute atomic E-state index is 12.4. The fraction of sp³-hybridized carbons (Fsp3) is 0.409. The molecule has 1 atom stereocenters. The third kappa shape index (κ3) is 6.41. The van der Waals surface area contributed by atoms with Crippen molar-refractivity contribution in [3.63, 3.8) is 0 Å². The van der Waals surface area contributed by atoms with Crippen molar-refractivity contribution in [2.24, 2.45) is 0 Å². The molecule has 3 nitrogen and oxygen atoms in total. The minimum atomic E-state index is -0.445. The van der Waals surface area contributed by atoms with Crippen LogP contribution in [0, 0.1) is 20.8 Å². The summed E-state index contributed by atoms with van der Waals surface area (Å²) < 4.78 is 5.88. The summed E-state index contributed by atoms with van der Waals surface area (Å²) in [6.07, 6.45) is 0.203. The second-order valence-electron chi connectivity index (χ2n) is 6.59. The predicted octanol–water partition coefficient (Wildman–Crippen LogP) is 4.82. The SMILES string of the molecule is CC[C@H](Oc1ccc(C)c(C)c1)C(=O)NCCSCc1ccc(C)cc1. The van der Waals surface area contributed by atoms with E-state index in [4.69, 9.17) is 4.74 Å². The van der Waals surface area contributed by atoms with Gasteiger partial charge in [-0.15, -0.1) is 0 Å². The van der Waals surface area contributed by atoms with Crippen molar-refractivity contribution in [2.75, 3.05) is 12.3 Å². The van der Waals surface area contributed by atoms with Crippen molar-refractivity contribution in [3.8, 4) is 5.75 Å². The Morgan fingerprint density at radius 1 is 1.08 bits per heavy atom. The zero-order valence-electron chi connectivity index (χ0n) is 16.2. The molecule has 2 rings (SSSR count). The number of ether oxygens (including phenoxy) is 1. The van der Waals surface area contributed by atoms with Crippen LogP contribution in [-0.2, 0) is 10.5 Å². The van der Waals surface area contributed by atoms with E-state index in [9.17, 15) is 4.79 Å². The van der Waals surface area contributed by atoms with E-state index >= 15 is 0 Å². The maximum atomic E-state index is 12.4. The number of benzene rings is 2. The molecule has 1 amide bonds. The summed E-state index contributed by atoms with van der Waals surface area (Å²) in [6.45, 7) is 8.84. The normalized spacial score (nSPS) is 11.8. The molecule has 0 unspecified atom stereocenters. The fourth-order valence-corrected chi connectivity index (χ4v) is 3.33. The molecule has 0 spiro atoms. The van der Waals surface area contributed by atoms with Gasteiger partial charge in [-0.1, -0.05) is 42.8 Å². The van der Waals surface area contributed by atoms with Crippen LogP contribution in [0.3, 0.4) is 0 Å². The summed E-state index contributed by atoms with van der Waals surface area (Å²) in [7, 11) is 0. The van der Waals surface area contributed by atoms with Crippen molar-refractivity contribution in [2.45, 2.75) is 46.0 Å². The van der Waals surface area contributed by atoms with E-state index in [0.717, 1.165) is 17.3 Å². The van der Waals surface area contributed by atoms with Crippen molar-refractivity contribution in [1.82, 2.24) is 5.32 Å². The van der Waals surface area contributed by atoms with E-state index in [-0.39, 0.29) is 5.91 Å². The number of nitrogens with one attached hydrogen (secondary N) is 1. The van der Waals surface area contributed by atoms with E-state index in [2.05, 4.69) is 50.4 Å². The molecule has 0 aliphatic heterocycles. The summed E-state index contributed by atoms with van der Waals surface area (Å²) in [5.41, 5.74) is 4.99. The highest BCUT2D eigenvalue weighted by Crippen LogP contribution is 2.18. The number of hydrogen-bond donors (Lipinski definition) is 1. The summed E-state index contributed by atoms with van der Waals surface area (Å²) in [5.74, 6) is 2.57. The predicted molar refractivity (Wildman–Crippen MR) is 111 cm³/mol. The Morgan fingerprint density at radius 2 is 1.81 bits per heavy atom. The molecule has 0 aliphatic rings. The van der Waals surface area contributed by atoms with E-state index in [1.807, 2.05) is 36.9 Å². The molecule has 2 aromatic rings. The third-order valence-corrected chi connectivity index (χ3v) is 5.39. The molecule has 26 heavy (non-hydrogen) atoms. The van der Waals surface area contributed by atoms with Crippen LogP contribution in [0.2, 0.25) is 0 Å². The van der Waals surface area contributed by atoms with Gasteiger partial charge in [0.1, 0.15) is 5.75 Å². The largest absolute Gasteiger partial charge is 0.481 e. The summed E-state index contributed by atoms with van der Waals surface area (Å²) >= 11 is 1.83. The van der Waals surface area contributed by atoms with Gasteiger partial charge < -0.3 is 10.1 Å². The van der Waals surface area contributed by atoms with Crippen LogP contribution < -0.4 is 10.1 Å². The molecular formula is C22H29NO2S. The first-order chi connectivity index (χ1) is 12.5. The lowest BCUT2D eigenvalue weighted by Gasteiger charge is -2.18. The second-order valence-corrected chi connectivity index (χ2v) is 7.70. The molecule has 0 saturated carbocycles. The van der Waals surface area contributed by atoms with Gasteiger partial charge in [0.25, 0.3) is 5.91 Å².